The Hall–Kier alpha value is -1.88. The molecule has 1 fully saturated rings. The molecule has 1 aromatic heterocycles. The Labute approximate surface area is 145 Å². The van der Waals surface area contributed by atoms with E-state index < -0.39 is 0 Å². The highest BCUT2D eigenvalue weighted by atomic mass is 79.9. The van der Waals surface area contributed by atoms with Crippen molar-refractivity contribution in [3.05, 3.63) is 58.2 Å². The Morgan fingerprint density at radius 2 is 1.91 bits per heavy atom. The highest BCUT2D eigenvalue weighted by Gasteiger charge is 2.28. The summed E-state index contributed by atoms with van der Waals surface area (Å²) in [4.78, 5) is 21.5. The Balaban J connectivity index is 1.71. The first-order valence-corrected chi connectivity index (χ1v) is 8.59. The lowest BCUT2D eigenvalue weighted by Gasteiger charge is -2.40. The van der Waals surface area contributed by atoms with Crippen molar-refractivity contribution >= 4 is 27.7 Å². The Morgan fingerprint density at radius 3 is 2.57 bits per heavy atom. The lowest BCUT2D eigenvalue weighted by atomic mass is 10.1. The van der Waals surface area contributed by atoms with Crippen LogP contribution in [0.4, 0.5) is 5.82 Å². The second kappa shape index (κ2) is 6.71. The molecule has 1 aliphatic rings. The minimum Gasteiger partial charge on any atom is -0.353 e. The summed E-state index contributed by atoms with van der Waals surface area (Å²) in [5, 5.41) is 0. The third kappa shape index (κ3) is 3.55. The molecule has 2 aromatic rings. The van der Waals surface area contributed by atoms with Crippen LogP contribution in [-0.2, 0) is 0 Å². The third-order valence-corrected chi connectivity index (χ3v) is 4.71. The number of piperazine rings is 1. The van der Waals surface area contributed by atoms with Crippen LogP contribution in [0.3, 0.4) is 0 Å². The normalized spacial score (nSPS) is 18.1. The molecule has 1 atom stereocenters. The molecule has 2 heterocycles. The number of aromatic nitrogens is 1. The number of rotatable bonds is 2. The lowest BCUT2D eigenvalue weighted by Crippen LogP contribution is -2.54. The average Bonchev–Trinajstić information content (AvgIpc) is 2.55. The summed E-state index contributed by atoms with van der Waals surface area (Å²) >= 11 is 3.40. The highest BCUT2D eigenvalue weighted by Crippen LogP contribution is 2.20. The fraction of sp³-hybridized carbons (Fsp3) is 0.333. The number of hydrogen-bond acceptors (Lipinski definition) is 3. The second-order valence-corrected chi connectivity index (χ2v) is 6.85. The molecule has 1 amide bonds. The number of halogens is 1. The van der Waals surface area contributed by atoms with Crippen molar-refractivity contribution in [3.8, 4) is 0 Å². The van der Waals surface area contributed by atoms with Gasteiger partial charge >= 0.3 is 0 Å². The zero-order valence-electron chi connectivity index (χ0n) is 13.4. The van der Waals surface area contributed by atoms with Crippen molar-refractivity contribution in [3.63, 3.8) is 0 Å². The molecule has 1 unspecified atom stereocenters. The molecule has 0 aliphatic carbocycles. The van der Waals surface area contributed by atoms with E-state index in [1.165, 1.54) is 0 Å². The minimum atomic E-state index is 0.0989. The van der Waals surface area contributed by atoms with Crippen molar-refractivity contribution in [2.24, 2.45) is 0 Å². The van der Waals surface area contributed by atoms with Crippen LogP contribution in [0.15, 0.2) is 46.9 Å². The maximum absolute atomic E-state index is 12.7. The Bertz CT molecular complexity index is 702. The first-order chi connectivity index (χ1) is 11.0. The van der Waals surface area contributed by atoms with Gasteiger partial charge in [-0.15, -0.1) is 0 Å². The fourth-order valence-electron chi connectivity index (χ4n) is 2.93. The Kier molecular flexibility index (Phi) is 4.66. The summed E-state index contributed by atoms with van der Waals surface area (Å²) in [7, 11) is 0. The maximum Gasteiger partial charge on any atom is 0.254 e. The molecular weight excluding hydrogens is 354 g/mol. The number of anilines is 1. The predicted octanol–water partition coefficient (Wildman–Crippen LogP) is 3.50. The molecule has 0 radical (unpaired) electrons. The van der Waals surface area contributed by atoms with Crippen LogP contribution >= 0.6 is 15.9 Å². The number of pyridine rings is 1. The van der Waals surface area contributed by atoms with E-state index >= 15 is 0 Å². The zero-order valence-corrected chi connectivity index (χ0v) is 15.0. The average molecular weight is 374 g/mol. The van der Waals surface area contributed by atoms with Gasteiger partial charge in [0.2, 0.25) is 0 Å². The van der Waals surface area contributed by atoms with Crippen LogP contribution in [0.5, 0.6) is 0 Å². The van der Waals surface area contributed by atoms with Crippen molar-refractivity contribution in [1.82, 2.24) is 9.88 Å². The molecule has 23 heavy (non-hydrogen) atoms. The van der Waals surface area contributed by atoms with E-state index in [4.69, 9.17) is 0 Å². The van der Waals surface area contributed by atoms with Gasteiger partial charge < -0.3 is 9.80 Å². The number of aryl methyl sites for hydroxylation is 1. The van der Waals surface area contributed by atoms with Crippen LogP contribution in [0.1, 0.15) is 23.0 Å². The summed E-state index contributed by atoms with van der Waals surface area (Å²) in [6, 6.07) is 13.8. The second-order valence-electron chi connectivity index (χ2n) is 5.94. The monoisotopic (exact) mass is 373 g/mol. The molecule has 1 saturated heterocycles. The first-order valence-electron chi connectivity index (χ1n) is 7.80. The summed E-state index contributed by atoms with van der Waals surface area (Å²) in [5.74, 6) is 1.09. The van der Waals surface area contributed by atoms with E-state index in [1.54, 1.807) is 0 Å². The maximum atomic E-state index is 12.7. The number of nitrogens with zero attached hydrogens (tertiary/aromatic N) is 3. The van der Waals surface area contributed by atoms with Crippen molar-refractivity contribution < 1.29 is 4.79 Å². The summed E-state index contributed by atoms with van der Waals surface area (Å²) in [6.07, 6.45) is 0. The van der Waals surface area contributed by atoms with Gasteiger partial charge in [-0.05, 0) is 50.2 Å². The molecular formula is C18H20BrN3O. The molecule has 0 bridgehead atoms. The standard InChI is InChI=1S/C18H20BrN3O/c1-13-4-3-5-17(20-13)21-10-11-22(14(2)12-21)18(23)15-6-8-16(19)9-7-15/h3-9,14H,10-12H2,1-2H3. The number of benzene rings is 1. The Morgan fingerprint density at radius 1 is 1.17 bits per heavy atom. The van der Waals surface area contributed by atoms with E-state index in [9.17, 15) is 4.79 Å². The summed E-state index contributed by atoms with van der Waals surface area (Å²) in [6.45, 7) is 6.42. The molecule has 1 aromatic carbocycles. The number of carbonyl (C=O) groups excluding carboxylic acids is 1. The van der Waals surface area contributed by atoms with Crippen LogP contribution in [0.25, 0.3) is 0 Å². The van der Waals surface area contributed by atoms with Crippen LogP contribution in [0.2, 0.25) is 0 Å². The molecule has 5 heteroatoms. The molecule has 4 nitrogen and oxygen atoms in total. The quantitative estimate of drug-likeness (QED) is 0.807. The molecule has 0 spiro atoms. The molecule has 3 rings (SSSR count). The van der Waals surface area contributed by atoms with Gasteiger partial charge in [0.1, 0.15) is 5.82 Å². The van der Waals surface area contributed by atoms with Crippen LogP contribution in [-0.4, -0.2) is 41.5 Å². The topological polar surface area (TPSA) is 36.4 Å². The van der Waals surface area contributed by atoms with Crippen molar-refractivity contribution in [2.75, 3.05) is 24.5 Å². The van der Waals surface area contributed by atoms with E-state index in [0.717, 1.165) is 34.6 Å². The number of hydrogen-bond donors (Lipinski definition) is 0. The van der Waals surface area contributed by atoms with E-state index in [-0.39, 0.29) is 11.9 Å². The van der Waals surface area contributed by atoms with E-state index in [0.29, 0.717) is 6.54 Å². The van der Waals surface area contributed by atoms with Gasteiger partial charge in [-0.3, -0.25) is 4.79 Å². The predicted molar refractivity (Wildman–Crippen MR) is 95.8 cm³/mol. The van der Waals surface area contributed by atoms with Gasteiger partial charge in [0, 0.05) is 41.4 Å². The van der Waals surface area contributed by atoms with Crippen molar-refractivity contribution in [1.29, 1.82) is 0 Å². The smallest absolute Gasteiger partial charge is 0.254 e. The highest BCUT2D eigenvalue weighted by molar-refractivity contribution is 9.10. The van der Waals surface area contributed by atoms with Gasteiger partial charge in [0.15, 0.2) is 0 Å². The number of amides is 1. The number of carbonyl (C=O) groups is 1. The molecule has 1 aliphatic heterocycles. The van der Waals surface area contributed by atoms with Gasteiger partial charge in [-0.2, -0.15) is 0 Å². The van der Waals surface area contributed by atoms with E-state index in [1.807, 2.05) is 54.3 Å². The zero-order chi connectivity index (χ0) is 16.4. The molecule has 0 N–H and O–H groups in total. The van der Waals surface area contributed by atoms with Gasteiger partial charge in [0.25, 0.3) is 5.91 Å². The largest absolute Gasteiger partial charge is 0.353 e. The van der Waals surface area contributed by atoms with Crippen LogP contribution in [0, 0.1) is 6.92 Å². The van der Waals surface area contributed by atoms with Gasteiger partial charge in [0.05, 0.1) is 0 Å². The molecule has 120 valence electrons. The van der Waals surface area contributed by atoms with E-state index in [2.05, 4.69) is 32.7 Å². The SMILES string of the molecule is Cc1cccc(N2CCN(C(=O)c3ccc(Br)cc3)C(C)C2)n1. The van der Waals surface area contributed by atoms with Crippen molar-refractivity contribution in [2.45, 2.75) is 19.9 Å². The lowest BCUT2D eigenvalue weighted by molar-refractivity contribution is 0.0673. The first kappa shape index (κ1) is 16.0. The summed E-state index contributed by atoms with van der Waals surface area (Å²) < 4.78 is 0.984. The van der Waals surface area contributed by atoms with Gasteiger partial charge in [-0.25, -0.2) is 4.98 Å². The van der Waals surface area contributed by atoms with Gasteiger partial charge in [-0.1, -0.05) is 22.0 Å². The molecule has 0 saturated carbocycles. The summed E-state index contributed by atoms with van der Waals surface area (Å²) in [5.41, 5.74) is 1.76. The minimum absolute atomic E-state index is 0.0989. The fourth-order valence-corrected chi connectivity index (χ4v) is 3.19. The van der Waals surface area contributed by atoms with Crippen LogP contribution < -0.4 is 4.90 Å². The third-order valence-electron chi connectivity index (χ3n) is 4.18.